The summed E-state index contributed by atoms with van der Waals surface area (Å²) in [7, 11) is 0. The average Bonchev–Trinajstić information content (AvgIpc) is 1.95. The molecule has 0 heterocycles. The summed E-state index contributed by atoms with van der Waals surface area (Å²) in [5.41, 5.74) is 1.17. The van der Waals surface area contributed by atoms with Gasteiger partial charge in [-0.15, -0.1) is 0 Å². The molecule has 0 unspecified atom stereocenters. The molecule has 0 saturated heterocycles. The molecule has 0 aliphatic rings. The van der Waals surface area contributed by atoms with Crippen molar-refractivity contribution in [3.05, 3.63) is 34.1 Å². The second-order valence-corrected chi connectivity index (χ2v) is 3.34. The van der Waals surface area contributed by atoms with Crippen LogP contribution in [0.15, 0.2) is 22.7 Å². The van der Waals surface area contributed by atoms with Crippen LogP contribution in [0.2, 0.25) is 0 Å². The Balaban J connectivity index is 2.90. The predicted octanol–water partition coefficient (Wildman–Crippen LogP) is 3.54. The zero-order chi connectivity index (χ0) is 8.27. The van der Waals surface area contributed by atoms with Crippen LogP contribution in [0.3, 0.4) is 0 Å². The molecule has 0 atom stereocenters. The van der Waals surface area contributed by atoms with Crippen molar-refractivity contribution in [1.29, 1.82) is 0 Å². The second kappa shape index (κ2) is 3.86. The molecule has 0 nitrogen and oxygen atoms in total. The summed E-state index contributed by atoms with van der Waals surface area (Å²) < 4.78 is 13.4. The molecule has 0 fully saturated rings. The maximum atomic E-state index is 12.6. The molecule has 1 rings (SSSR count). The zero-order valence-electron chi connectivity index (χ0n) is 6.40. The van der Waals surface area contributed by atoms with E-state index in [0.29, 0.717) is 0 Å². The van der Waals surface area contributed by atoms with Gasteiger partial charge in [0, 0.05) is 4.47 Å². The van der Waals surface area contributed by atoms with E-state index in [1.54, 1.807) is 0 Å². The molecule has 0 spiro atoms. The molecule has 0 amide bonds. The van der Waals surface area contributed by atoms with Crippen molar-refractivity contribution in [2.24, 2.45) is 0 Å². The molecule has 60 valence electrons. The Kier molecular flexibility index (Phi) is 3.06. The van der Waals surface area contributed by atoms with Crippen LogP contribution in [0.25, 0.3) is 0 Å². The smallest absolute Gasteiger partial charge is 0.124 e. The molecule has 0 bridgehead atoms. The van der Waals surface area contributed by atoms with E-state index in [4.69, 9.17) is 0 Å². The Morgan fingerprint density at radius 2 is 2.18 bits per heavy atom. The third-order valence-electron chi connectivity index (χ3n) is 1.53. The van der Waals surface area contributed by atoms with Crippen LogP contribution >= 0.6 is 15.9 Å². The third-order valence-corrected chi connectivity index (χ3v) is 2.27. The minimum Gasteiger partial charge on any atom is -0.207 e. The number of aryl methyl sites for hydroxylation is 1. The average molecular weight is 217 g/mol. The van der Waals surface area contributed by atoms with E-state index < -0.39 is 0 Å². The van der Waals surface area contributed by atoms with Gasteiger partial charge in [-0.2, -0.15) is 0 Å². The SMILES string of the molecule is CCCc1ccc(F)cc1Br. The summed E-state index contributed by atoms with van der Waals surface area (Å²) in [5.74, 6) is -0.184. The summed E-state index contributed by atoms with van der Waals surface area (Å²) in [6.07, 6.45) is 2.09. The minimum absolute atomic E-state index is 0.184. The number of benzene rings is 1. The molecule has 0 aliphatic carbocycles. The van der Waals surface area contributed by atoms with Gasteiger partial charge in [0.05, 0.1) is 0 Å². The van der Waals surface area contributed by atoms with Crippen molar-refractivity contribution in [2.45, 2.75) is 19.8 Å². The largest absolute Gasteiger partial charge is 0.207 e. The molecule has 0 aliphatic heterocycles. The Morgan fingerprint density at radius 3 is 2.73 bits per heavy atom. The lowest BCUT2D eigenvalue weighted by Crippen LogP contribution is -1.85. The van der Waals surface area contributed by atoms with Crippen molar-refractivity contribution in [3.8, 4) is 0 Å². The maximum Gasteiger partial charge on any atom is 0.124 e. The van der Waals surface area contributed by atoms with Crippen LogP contribution in [0, 0.1) is 5.82 Å². The van der Waals surface area contributed by atoms with Crippen molar-refractivity contribution in [2.75, 3.05) is 0 Å². The first-order valence-electron chi connectivity index (χ1n) is 3.68. The fourth-order valence-corrected chi connectivity index (χ4v) is 1.54. The van der Waals surface area contributed by atoms with Crippen LogP contribution in [0.5, 0.6) is 0 Å². The first-order chi connectivity index (χ1) is 5.24. The second-order valence-electron chi connectivity index (χ2n) is 2.49. The summed E-state index contributed by atoms with van der Waals surface area (Å²) in [6.45, 7) is 2.11. The first kappa shape index (κ1) is 8.72. The van der Waals surface area contributed by atoms with Crippen molar-refractivity contribution >= 4 is 15.9 Å². The molecule has 1 aromatic rings. The Labute approximate surface area is 74.6 Å². The summed E-state index contributed by atoms with van der Waals surface area (Å²) in [5, 5.41) is 0. The van der Waals surface area contributed by atoms with Gasteiger partial charge >= 0.3 is 0 Å². The van der Waals surface area contributed by atoms with Gasteiger partial charge in [-0.05, 0) is 24.1 Å². The summed E-state index contributed by atoms with van der Waals surface area (Å²) >= 11 is 3.31. The molecular formula is C9H10BrF. The summed E-state index contributed by atoms with van der Waals surface area (Å²) in [6, 6.07) is 4.82. The fraction of sp³-hybridized carbons (Fsp3) is 0.333. The maximum absolute atomic E-state index is 12.6. The fourth-order valence-electron chi connectivity index (χ4n) is 0.994. The monoisotopic (exact) mass is 216 g/mol. The Hall–Kier alpha value is -0.370. The Morgan fingerprint density at radius 1 is 1.45 bits per heavy atom. The highest BCUT2D eigenvalue weighted by Crippen LogP contribution is 2.18. The van der Waals surface area contributed by atoms with Crippen LogP contribution in [0.4, 0.5) is 4.39 Å². The quantitative estimate of drug-likeness (QED) is 0.710. The molecule has 0 radical (unpaired) electrons. The van der Waals surface area contributed by atoms with E-state index in [1.165, 1.54) is 17.7 Å². The van der Waals surface area contributed by atoms with E-state index in [2.05, 4.69) is 22.9 Å². The highest BCUT2D eigenvalue weighted by atomic mass is 79.9. The van der Waals surface area contributed by atoms with Crippen LogP contribution in [-0.2, 0) is 6.42 Å². The molecule has 0 saturated carbocycles. The van der Waals surface area contributed by atoms with Crippen LogP contribution < -0.4 is 0 Å². The van der Waals surface area contributed by atoms with Gasteiger partial charge < -0.3 is 0 Å². The minimum atomic E-state index is -0.184. The molecule has 0 aromatic heterocycles. The van der Waals surface area contributed by atoms with Gasteiger partial charge in [-0.3, -0.25) is 0 Å². The normalized spacial score (nSPS) is 10.1. The summed E-state index contributed by atoms with van der Waals surface area (Å²) in [4.78, 5) is 0. The molecule has 11 heavy (non-hydrogen) atoms. The lowest BCUT2D eigenvalue weighted by atomic mass is 10.1. The van der Waals surface area contributed by atoms with Gasteiger partial charge in [0.2, 0.25) is 0 Å². The highest BCUT2D eigenvalue weighted by molar-refractivity contribution is 9.10. The van der Waals surface area contributed by atoms with E-state index in [-0.39, 0.29) is 5.82 Å². The molecule has 2 heteroatoms. The number of rotatable bonds is 2. The van der Waals surface area contributed by atoms with E-state index in [9.17, 15) is 4.39 Å². The topological polar surface area (TPSA) is 0 Å². The predicted molar refractivity (Wildman–Crippen MR) is 48.1 cm³/mol. The van der Waals surface area contributed by atoms with Crippen molar-refractivity contribution < 1.29 is 4.39 Å². The van der Waals surface area contributed by atoms with E-state index in [0.717, 1.165) is 17.3 Å². The molecular weight excluding hydrogens is 207 g/mol. The van der Waals surface area contributed by atoms with E-state index >= 15 is 0 Å². The number of hydrogen-bond donors (Lipinski definition) is 0. The van der Waals surface area contributed by atoms with Crippen LogP contribution in [-0.4, -0.2) is 0 Å². The van der Waals surface area contributed by atoms with Gasteiger partial charge in [0.15, 0.2) is 0 Å². The lowest BCUT2D eigenvalue weighted by molar-refractivity contribution is 0.625. The zero-order valence-corrected chi connectivity index (χ0v) is 7.99. The van der Waals surface area contributed by atoms with Crippen LogP contribution in [0.1, 0.15) is 18.9 Å². The standard InChI is InChI=1S/C9H10BrF/c1-2-3-7-4-5-8(11)6-9(7)10/h4-6H,2-3H2,1H3. The van der Waals surface area contributed by atoms with Crippen molar-refractivity contribution in [3.63, 3.8) is 0 Å². The molecule has 0 N–H and O–H groups in total. The van der Waals surface area contributed by atoms with Gasteiger partial charge in [0.25, 0.3) is 0 Å². The van der Waals surface area contributed by atoms with Gasteiger partial charge in [0.1, 0.15) is 5.82 Å². The number of hydrogen-bond acceptors (Lipinski definition) is 0. The van der Waals surface area contributed by atoms with Gasteiger partial charge in [-0.1, -0.05) is 35.3 Å². The third kappa shape index (κ3) is 2.29. The van der Waals surface area contributed by atoms with Gasteiger partial charge in [-0.25, -0.2) is 4.39 Å². The lowest BCUT2D eigenvalue weighted by Gasteiger charge is -2.00. The van der Waals surface area contributed by atoms with E-state index in [1.807, 2.05) is 6.07 Å². The highest BCUT2D eigenvalue weighted by Gasteiger charge is 1.98. The van der Waals surface area contributed by atoms with Crippen molar-refractivity contribution in [1.82, 2.24) is 0 Å². The Bertz CT molecular complexity index is 245. The number of halogens is 2. The first-order valence-corrected chi connectivity index (χ1v) is 4.47. The molecule has 1 aromatic carbocycles.